The maximum atomic E-state index is 13.1. The Kier molecular flexibility index (Phi) is 3.59. The average Bonchev–Trinajstić information content (AvgIpc) is 3.23. The minimum absolute atomic E-state index is 0.306. The first-order chi connectivity index (χ1) is 13.6. The number of hydrogen-bond acceptors (Lipinski definition) is 5. The summed E-state index contributed by atoms with van der Waals surface area (Å²) in [6.45, 7) is 0. The van der Waals surface area contributed by atoms with Crippen LogP contribution in [0.3, 0.4) is 0 Å². The number of aromatic nitrogens is 6. The molecule has 5 aromatic rings. The SMILES string of the molecule is O=c1c2cc3c(=O)n(-n4cnnc4)ccc3nc2ccn1-c1ccccc1Cl. The van der Waals surface area contributed by atoms with Crippen LogP contribution in [-0.4, -0.2) is 29.1 Å². The van der Waals surface area contributed by atoms with Crippen LogP contribution >= 0.6 is 11.6 Å². The summed E-state index contributed by atoms with van der Waals surface area (Å²) in [5.41, 5.74) is 0.920. The van der Waals surface area contributed by atoms with E-state index in [0.29, 0.717) is 32.5 Å². The molecule has 0 unspecified atom stereocenters. The van der Waals surface area contributed by atoms with Gasteiger partial charge < -0.3 is 0 Å². The van der Waals surface area contributed by atoms with E-state index in [0.717, 1.165) is 0 Å². The lowest BCUT2D eigenvalue weighted by atomic mass is 10.2. The van der Waals surface area contributed by atoms with Gasteiger partial charge in [0, 0.05) is 12.4 Å². The second-order valence-electron chi connectivity index (χ2n) is 6.10. The van der Waals surface area contributed by atoms with Crippen molar-refractivity contribution in [3.63, 3.8) is 0 Å². The van der Waals surface area contributed by atoms with Gasteiger partial charge in [0.1, 0.15) is 12.7 Å². The highest BCUT2D eigenvalue weighted by Crippen LogP contribution is 2.20. The van der Waals surface area contributed by atoms with E-state index >= 15 is 0 Å². The fraction of sp³-hybridized carbons (Fsp3) is 0. The Hall–Kier alpha value is -3.78. The number of pyridine rings is 3. The molecule has 0 aliphatic rings. The summed E-state index contributed by atoms with van der Waals surface area (Å²) in [6.07, 6.45) is 6.03. The Morgan fingerprint density at radius 2 is 1.50 bits per heavy atom. The topological polar surface area (TPSA) is 87.6 Å². The molecule has 4 heterocycles. The van der Waals surface area contributed by atoms with Crippen molar-refractivity contribution in [2.45, 2.75) is 0 Å². The van der Waals surface area contributed by atoms with E-state index in [-0.39, 0.29) is 11.1 Å². The van der Waals surface area contributed by atoms with Crippen LogP contribution in [-0.2, 0) is 0 Å². The summed E-state index contributed by atoms with van der Waals surface area (Å²) in [7, 11) is 0. The van der Waals surface area contributed by atoms with Crippen LogP contribution in [0.1, 0.15) is 0 Å². The molecule has 0 saturated heterocycles. The fourth-order valence-electron chi connectivity index (χ4n) is 3.14. The summed E-state index contributed by atoms with van der Waals surface area (Å²) >= 11 is 6.24. The van der Waals surface area contributed by atoms with Crippen molar-refractivity contribution in [2.75, 3.05) is 0 Å². The third kappa shape index (κ3) is 2.43. The predicted molar refractivity (Wildman–Crippen MR) is 105 cm³/mol. The first kappa shape index (κ1) is 16.4. The molecule has 0 bridgehead atoms. The Labute approximate surface area is 161 Å². The highest BCUT2D eigenvalue weighted by atomic mass is 35.5. The van der Waals surface area contributed by atoms with Gasteiger partial charge in [0.2, 0.25) is 0 Å². The van der Waals surface area contributed by atoms with Crippen molar-refractivity contribution in [3.05, 3.63) is 93.2 Å². The van der Waals surface area contributed by atoms with Crippen LogP contribution in [0.2, 0.25) is 5.02 Å². The highest BCUT2D eigenvalue weighted by molar-refractivity contribution is 6.32. The molecular weight excluding hydrogens is 380 g/mol. The van der Waals surface area contributed by atoms with E-state index in [9.17, 15) is 9.59 Å². The molecule has 5 rings (SSSR count). The van der Waals surface area contributed by atoms with Crippen molar-refractivity contribution in [2.24, 2.45) is 0 Å². The van der Waals surface area contributed by atoms with Crippen LogP contribution in [0.25, 0.3) is 27.5 Å². The quantitative estimate of drug-likeness (QED) is 0.431. The zero-order valence-corrected chi connectivity index (χ0v) is 15.0. The van der Waals surface area contributed by atoms with E-state index in [2.05, 4.69) is 15.2 Å². The molecule has 1 aromatic carbocycles. The van der Waals surface area contributed by atoms with E-state index in [1.54, 1.807) is 54.9 Å². The molecule has 0 saturated carbocycles. The molecule has 0 amide bonds. The maximum absolute atomic E-state index is 13.1. The first-order valence-electron chi connectivity index (χ1n) is 8.31. The summed E-state index contributed by atoms with van der Waals surface area (Å²) < 4.78 is 4.23. The Balaban J connectivity index is 1.82. The highest BCUT2D eigenvalue weighted by Gasteiger charge is 2.12. The standard InChI is InChI=1S/C19H11ClN6O2/c20-14-3-1-2-4-17(14)25-7-5-15-12(18(25)27)9-13-16(23-15)6-8-26(19(13)28)24-10-21-22-11-24/h1-11H. The number of para-hydroxylation sites is 1. The summed E-state index contributed by atoms with van der Waals surface area (Å²) in [6, 6.07) is 12.1. The molecule has 0 fully saturated rings. The van der Waals surface area contributed by atoms with Gasteiger partial charge in [-0.2, -0.15) is 0 Å². The van der Waals surface area contributed by atoms with E-state index in [4.69, 9.17) is 11.6 Å². The number of benzene rings is 1. The van der Waals surface area contributed by atoms with Crippen LogP contribution < -0.4 is 11.1 Å². The largest absolute Gasteiger partial charge is 0.282 e. The monoisotopic (exact) mass is 390 g/mol. The number of halogens is 1. The molecule has 136 valence electrons. The van der Waals surface area contributed by atoms with Gasteiger partial charge in [-0.15, -0.1) is 10.2 Å². The normalized spacial score (nSPS) is 11.3. The number of rotatable bonds is 2. The van der Waals surface area contributed by atoms with Gasteiger partial charge in [0.25, 0.3) is 11.1 Å². The van der Waals surface area contributed by atoms with Crippen LogP contribution in [0.4, 0.5) is 0 Å². The Morgan fingerprint density at radius 1 is 0.821 bits per heavy atom. The molecule has 28 heavy (non-hydrogen) atoms. The Bertz CT molecular complexity index is 1470. The second kappa shape index (κ2) is 6.14. The Morgan fingerprint density at radius 3 is 2.25 bits per heavy atom. The van der Waals surface area contributed by atoms with Crippen molar-refractivity contribution in [1.82, 2.24) is 29.1 Å². The third-order valence-electron chi connectivity index (χ3n) is 4.49. The zero-order valence-electron chi connectivity index (χ0n) is 14.2. The molecule has 0 atom stereocenters. The van der Waals surface area contributed by atoms with Crippen molar-refractivity contribution >= 4 is 33.4 Å². The van der Waals surface area contributed by atoms with Crippen LogP contribution in [0.15, 0.2) is 77.1 Å². The molecule has 8 nitrogen and oxygen atoms in total. The zero-order chi connectivity index (χ0) is 19.3. The van der Waals surface area contributed by atoms with E-state index in [1.165, 1.54) is 26.6 Å². The molecule has 4 aromatic heterocycles. The van der Waals surface area contributed by atoms with Gasteiger partial charge in [-0.3, -0.25) is 14.2 Å². The van der Waals surface area contributed by atoms with Crippen LogP contribution in [0, 0.1) is 0 Å². The van der Waals surface area contributed by atoms with Gasteiger partial charge in [-0.05, 0) is 30.3 Å². The maximum Gasteiger partial charge on any atom is 0.279 e. The molecule has 0 spiro atoms. The predicted octanol–water partition coefficient (Wildman–Crippen LogP) is 2.26. The minimum Gasteiger partial charge on any atom is -0.282 e. The van der Waals surface area contributed by atoms with E-state index < -0.39 is 0 Å². The van der Waals surface area contributed by atoms with Crippen molar-refractivity contribution in [1.29, 1.82) is 0 Å². The number of hydrogen-bond donors (Lipinski definition) is 0. The second-order valence-corrected chi connectivity index (χ2v) is 6.51. The lowest BCUT2D eigenvalue weighted by molar-refractivity contribution is 0.632. The summed E-state index contributed by atoms with van der Waals surface area (Å²) in [4.78, 5) is 30.5. The van der Waals surface area contributed by atoms with Crippen LogP contribution in [0.5, 0.6) is 0 Å². The molecular formula is C19H11ClN6O2. The van der Waals surface area contributed by atoms with Gasteiger partial charge in [-0.1, -0.05) is 23.7 Å². The van der Waals surface area contributed by atoms with Gasteiger partial charge in [-0.25, -0.2) is 14.3 Å². The van der Waals surface area contributed by atoms with Crippen molar-refractivity contribution in [3.8, 4) is 5.69 Å². The third-order valence-corrected chi connectivity index (χ3v) is 4.81. The van der Waals surface area contributed by atoms with Gasteiger partial charge in [0.05, 0.1) is 32.5 Å². The summed E-state index contributed by atoms with van der Waals surface area (Å²) in [5.74, 6) is 0. The molecule has 0 radical (unpaired) electrons. The van der Waals surface area contributed by atoms with Gasteiger partial charge in [0.15, 0.2) is 0 Å². The first-order valence-corrected chi connectivity index (χ1v) is 8.69. The smallest absolute Gasteiger partial charge is 0.279 e. The van der Waals surface area contributed by atoms with E-state index in [1.807, 2.05) is 0 Å². The minimum atomic E-state index is -0.334. The number of nitrogens with zero attached hydrogens (tertiary/aromatic N) is 6. The van der Waals surface area contributed by atoms with Crippen molar-refractivity contribution < 1.29 is 0 Å². The molecule has 0 aliphatic heterocycles. The molecule has 0 N–H and O–H groups in total. The lowest BCUT2D eigenvalue weighted by Crippen LogP contribution is -2.25. The molecule has 0 aliphatic carbocycles. The summed E-state index contributed by atoms with van der Waals surface area (Å²) in [5, 5.41) is 8.51. The molecule has 9 heteroatoms. The average molecular weight is 391 g/mol. The number of fused-ring (bicyclic) bond motifs is 2. The fourth-order valence-corrected chi connectivity index (χ4v) is 3.37. The van der Waals surface area contributed by atoms with Gasteiger partial charge >= 0.3 is 0 Å². The lowest BCUT2D eigenvalue weighted by Gasteiger charge is -2.10.